The highest BCUT2D eigenvalue weighted by molar-refractivity contribution is 5.41. The van der Waals surface area contributed by atoms with Crippen molar-refractivity contribution in [3.05, 3.63) is 23.9 Å². The lowest BCUT2D eigenvalue weighted by molar-refractivity contribution is 0.370. The SMILES string of the molecule is CC(C)N(CC1CCCNC1)c1ccc(C(C)(C)C)cn1. The van der Waals surface area contributed by atoms with Gasteiger partial charge in [-0.3, -0.25) is 0 Å². The van der Waals surface area contributed by atoms with E-state index in [9.17, 15) is 0 Å². The standard InChI is InChI=1S/C18H31N3/c1-14(2)21(13-15-7-6-10-19-11-15)17-9-8-16(12-20-17)18(3,4)5/h8-9,12,14-15,19H,6-7,10-11,13H2,1-5H3. The third-order valence-corrected chi connectivity index (χ3v) is 4.39. The first-order chi connectivity index (χ1) is 9.88. The van der Waals surface area contributed by atoms with E-state index in [1.807, 2.05) is 6.20 Å². The number of rotatable bonds is 4. The monoisotopic (exact) mass is 289 g/mol. The highest BCUT2D eigenvalue weighted by Crippen LogP contribution is 2.24. The fraction of sp³-hybridized carbons (Fsp3) is 0.722. The van der Waals surface area contributed by atoms with Gasteiger partial charge in [-0.2, -0.15) is 0 Å². The first-order valence-electron chi connectivity index (χ1n) is 8.32. The molecule has 1 aromatic heterocycles. The second-order valence-corrected chi connectivity index (χ2v) is 7.61. The van der Waals surface area contributed by atoms with Crippen molar-refractivity contribution in [2.45, 2.75) is 58.9 Å². The van der Waals surface area contributed by atoms with Crippen LogP contribution in [0.15, 0.2) is 18.3 Å². The second-order valence-electron chi connectivity index (χ2n) is 7.61. The number of nitrogens with zero attached hydrogens (tertiary/aromatic N) is 2. The quantitative estimate of drug-likeness (QED) is 0.918. The number of hydrogen-bond acceptors (Lipinski definition) is 3. The molecule has 0 radical (unpaired) electrons. The van der Waals surface area contributed by atoms with Gasteiger partial charge in [-0.05, 0) is 62.7 Å². The Labute approximate surface area is 130 Å². The van der Waals surface area contributed by atoms with Gasteiger partial charge in [0.2, 0.25) is 0 Å². The summed E-state index contributed by atoms with van der Waals surface area (Å²) in [7, 11) is 0. The molecule has 2 rings (SSSR count). The third-order valence-electron chi connectivity index (χ3n) is 4.39. The number of aromatic nitrogens is 1. The molecule has 1 unspecified atom stereocenters. The van der Waals surface area contributed by atoms with Crippen LogP contribution in [0.25, 0.3) is 0 Å². The van der Waals surface area contributed by atoms with Gasteiger partial charge in [-0.1, -0.05) is 26.8 Å². The van der Waals surface area contributed by atoms with Crippen molar-refractivity contribution < 1.29 is 0 Å². The summed E-state index contributed by atoms with van der Waals surface area (Å²) in [5, 5.41) is 3.51. The third kappa shape index (κ3) is 4.44. The first kappa shape index (κ1) is 16.3. The maximum Gasteiger partial charge on any atom is 0.128 e. The van der Waals surface area contributed by atoms with Crippen molar-refractivity contribution in [3.63, 3.8) is 0 Å². The Morgan fingerprint density at radius 2 is 2.10 bits per heavy atom. The summed E-state index contributed by atoms with van der Waals surface area (Å²) in [6.07, 6.45) is 4.67. The zero-order valence-corrected chi connectivity index (χ0v) is 14.3. The molecule has 21 heavy (non-hydrogen) atoms. The molecule has 1 fully saturated rings. The van der Waals surface area contributed by atoms with Crippen molar-refractivity contribution in [1.82, 2.24) is 10.3 Å². The molecule has 1 atom stereocenters. The molecule has 3 heteroatoms. The van der Waals surface area contributed by atoms with E-state index in [2.05, 4.69) is 57.0 Å². The highest BCUT2D eigenvalue weighted by Gasteiger charge is 2.21. The van der Waals surface area contributed by atoms with Crippen molar-refractivity contribution >= 4 is 5.82 Å². The van der Waals surface area contributed by atoms with Crippen LogP contribution in [0.2, 0.25) is 0 Å². The summed E-state index contributed by atoms with van der Waals surface area (Å²) in [5.41, 5.74) is 1.47. The fourth-order valence-corrected chi connectivity index (χ4v) is 2.93. The maximum atomic E-state index is 4.74. The Balaban J connectivity index is 2.10. The van der Waals surface area contributed by atoms with Crippen molar-refractivity contribution in [3.8, 4) is 0 Å². The Bertz CT molecular complexity index is 425. The highest BCUT2D eigenvalue weighted by atomic mass is 15.2. The van der Waals surface area contributed by atoms with E-state index in [-0.39, 0.29) is 5.41 Å². The van der Waals surface area contributed by atoms with Crippen molar-refractivity contribution in [2.24, 2.45) is 5.92 Å². The van der Waals surface area contributed by atoms with Crippen LogP contribution in [-0.4, -0.2) is 30.7 Å². The van der Waals surface area contributed by atoms with Crippen LogP contribution >= 0.6 is 0 Å². The first-order valence-corrected chi connectivity index (χ1v) is 8.32. The summed E-state index contributed by atoms with van der Waals surface area (Å²) in [6.45, 7) is 14.6. The second kappa shape index (κ2) is 6.78. The van der Waals surface area contributed by atoms with Gasteiger partial charge < -0.3 is 10.2 Å². The normalized spacial score (nSPS) is 19.8. The molecule has 118 valence electrons. The smallest absolute Gasteiger partial charge is 0.128 e. The van der Waals surface area contributed by atoms with Crippen LogP contribution in [0, 0.1) is 5.92 Å². The van der Waals surface area contributed by atoms with Crippen LogP contribution < -0.4 is 10.2 Å². The molecule has 0 aliphatic carbocycles. The van der Waals surface area contributed by atoms with Gasteiger partial charge in [0.15, 0.2) is 0 Å². The molecule has 0 spiro atoms. The summed E-state index contributed by atoms with van der Waals surface area (Å²) < 4.78 is 0. The Kier molecular flexibility index (Phi) is 5.26. The molecule has 1 N–H and O–H groups in total. The van der Waals surface area contributed by atoms with Gasteiger partial charge >= 0.3 is 0 Å². The van der Waals surface area contributed by atoms with E-state index in [0.717, 1.165) is 24.8 Å². The van der Waals surface area contributed by atoms with Crippen LogP contribution in [0.5, 0.6) is 0 Å². The minimum absolute atomic E-state index is 0.168. The Morgan fingerprint density at radius 3 is 2.57 bits per heavy atom. The minimum atomic E-state index is 0.168. The van der Waals surface area contributed by atoms with E-state index in [0.29, 0.717) is 6.04 Å². The largest absolute Gasteiger partial charge is 0.354 e. The number of pyridine rings is 1. The molecule has 1 aliphatic heterocycles. The lowest BCUT2D eigenvalue weighted by Gasteiger charge is -2.34. The molecule has 1 aliphatic rings. The van der Waals surface area contributed by atoms with Gasteiger partial charge in [0, 0.05) is 18.8 Å². The topological polar surface area (TPSA) is 28.2 Å². The predicted molar refractivity (Wildman–Crippen MR) is 91.0 cm³/mol. The van der Waals surface area contributed by atoms with Gasteiger partial charge in [-0.15, -0.1) is 0 Å². The summed E-state index contributed by atoms with van der Waals surface area (Å²) in [5.74, 6) is 1.86. The Morgan fingerprint density at radius 1 is 1.33 bits per heavy atom. The average Bonchev–Trinajstić information content (AvgIpc) is 2.45. The molecular weight excluding hydrogens is 258 g/mol. The molecule has 0 bridgehead atoms. The predicted octanol–water partition coefficient (Wildman–Crippen LogP) is 3.59. The van der Waals surface area contributed by atoms with Crippen LogP contribution in [0.3, 0.4) is 0 Å². The molecule has 1 saturated heterocycles. The number of piperidine rings is 1. The van der Waals surface area contributed by atoms with Gasteiger partial charge in [0.25, 0.3) is 0 Å². The molecule has 0 saturated carbocycles. The molecule has 2 heterocycles. The van der Waals surface area contributed by atoms with Crippen molar-refractivity contribution in [1.29, 1.82) is 0 Å². The van der Waals surface area contributed by atoms with E-state index >= 15 is 0 Å². The molecule has 0 aromatic carbocycles. The molecule has 1 aromatic rings. The number of anilines is 1. The van der Waals surface area contributed by atoms with Crippen LogP contribution in [0.1, 0.15) is 53.0 Å². The van der Waals surface area contributed by atoms with E-state index < -0.39 is 0 Å². The summed E-state index contributed by atoms with van der Waals surface area (Å²) in [4.78, 5) is 7.19. The molecule has 3 nitrogen and oxygen atoms in total. The average molecular weight is 289 g/mol. The molecule has 0 amide bonds. The van der Waals surface area contributed by atoms with E-state index in [1.165, 1.54) is 24.9 Å². The van der Waals surface area contributed by atoms with Crippen molar-refractivity contribution in [2.75, 3.05) is 24.5 Å². The van der Waals surface area contributed by atoms with Crippen LogP contribution in [-0.2, 0) is 5.41 Å². The lowest BCUT2D eigenvalue weighted by atomic mass is 9.88. The van der Waals surface area contributed by atoms with Gasteiger partial charge in [0.05, 0.1) is 0 Å². The van der Waals surface area contributed by atoms with Gasteiger partial charge in [0.1, 0.15) is 5.82 Å². The maximum absolute atomic E-state index is 4.74. The molecular formula is C18H31N3. The zero-order chi connectivity index (χ0) is 15.5. The summed E-state index contributed by atoms with van der Waals surface area (Å²) >= 11 is 0. The van der Waals surface area contributed by atoms with Gasteiger partial charge in [-0.25, -0.2) is 4.98 Å². The van der Waals surface area contributed by atoms with E-state index in [4.69, 9.17) is 4.98 Å². The number of nitrogens with one attached hydrogen (secondary N) is 1. The fourth-order valence-electron chi connectivity index (χ4n) is 2.93. The lowest BCUT2D eigenvalue weighted by Crippen LogP contribution is -2.41. The Hall–Kier alpha value is -1.09. The van der Waals surface area contributed by atoms with Crippen LogP contribution in [0.4, 0.5) is 5.82 Å². The minimum Gasteiger partial charge on any atom is -0.354 e. The summed E-state index contributed by atoms with van der Waals surface area (Å²) in [6, 6.07) is 4.91. The number of hydrogen-bond donors (Lipinski definition) is 1. The van der Waals surface area contributed by atoms with E-state index in [1.54, 1.807) is 0 Å². The zero-order valence-electron chi connectivity index (χ0n) is 14.3.